The molecule has 0 aliphatic heterocycles. The number of hydrogen-bond acceptors (Lipinski definition) is 5. The zero-order chi connectivity index (χ0) is 15.6. The first-order chi connectivity index (χ1) is 9.77. The van der Waals surface area contributed by atoms with Crippen molar-refractivity contribution in [2.45, 2.75) is 17.9 Å². The predicted molar refractivity (Wildman–Crippen MR) is 81.8 cm³/mol. The molecule has 0 atom stereocenters. The first kappa shape index (κ1) is 15.4. The molecule has 5 N–H and O–H groups in total. The van der Waals surface area contributed by atoms with Gasteiger partial charge in [0.1, 0.15) is 5.82 Å². The molecule has 7 nitrogen and oxygen atoms in total. The number of hydrogen-bond donors (Lipinski definition) is 3. The number of nitrogen functional groups attached to an aromatic ring is 1. The zero-order valence-electron chi connectivity index (χ0n) is 10.9. The van der Waals surface area contributed by atoms with Crippen LogP contribution in [0.3, 0.4) is 0 Å². The Morgan fingerprint density at radius 3 is 2.38 bits per heavy atom. The van der Waals surface area contributed by atoms with Gasteiger partial charge in [0.25, 0.3) is 5.56 Å². The number of aryl methyl sites for hydroxylation is 1. The van der Waals surface area contributed by atoms with E-state index in [0.717, 1.165) is 5.56 Å². The van der Waals surface area contributed by atoms with Crippen LogP contribution in [0.15, 0.2) is 40.0 Å². The van der Waals surface area contributed by atoms with Crippen molar-refractivity contribution in [3.63, 3.8) is 0 Å². The minimum Gasteiger partial charge on any atom is -0.385 e. The Kier molecular flexibility index (Phi) is 4.26. The largest absolute Gasteiger partial charge is 0.385 e. The van der Waals surface area contributed by atoms with E-state index >= 15 is 0 Å². The van der Waals surface area contributed by atoms with Crippen LogP contribution in [0.25, 0.3) is 0 Å². The average molecular weight is 326 g/mol. The summed E-state index contributed by atoms with van der Waals surface area (Å²) in [5.74, 6) is 0.282. The van der Waals surface area contributed by atoms with Gasteiger partial charge in [0.05, 0.1) is 4.90 Å². The molecule has 0 bridgehead atoms. The SMILES string of the molecule is Nc1cc(=O)[nH]c(=S)n1CCc1ccc(S(N)(=O)=O)cc1. The molecule has 0 spiro atoms. The Morgan fingerprint density at radius 1 is 1.24 bits per heavy atom. The lowest BCUT2D eigenvalue weighted by Crippen LogP contribution is -2.17. The molecule has 0 saturated heterocycles. The first-order valence-corrected chi connectivity index (χ1v) is 7.94. The van der Waals surface area contributed by atoms with Gasteiger partial charge in [-0.2, -0.15) is 0 Å². The third-order valence-electron chi connectivity index (χ3n) is 2.94. The molecule has 1 heterocycles. The highest BCUT2D eigenvalue weighted by Gasteiger charge is 2.07. The molecule has 1 aromatic carbocycles. The smallest absolute Gasteiger partial charge is 0.253 e. The lowest BCUT2D eigenvalue weighted by Gasteiger charge is -2.10. The number of aromatic nitrogens is 2. The van der Waals surface area contributed by atoms with E-state index in [1.807, 2.05) is 0 Å². The van der Waals surface area contributed by atoms with E-state index in [1.54, 1.807) is 16.7 Å². The van der Waals surface area contributed by atoms with Gasteiger partial charge in [-0.1, -0.05) is 12.1 Å². The summed E-state index contributed by atoms with van der Waals surface area (Å²) in [5.41, 5.74) is 6.30. The fourth-order valence-corrected chi connectivity index (χ4v) is 2.67. The second-order valence-corrected chi connectivity index (χ2v) is 6.40. The highest BCUT2D eigenvalue weighted by molar-refractivity contribution is 7.89. The van der Waals surface area contributed by atoms with E-state index in [0.29, 0.717) is 13.0 Å². The van der Waals surface area contributed by atoms with Crippen molar-refractivity contribution >= 4 is 28.1 Å². The average Bonchev–Trinajstić information content (AvgIpc) is 2.37. The maximum atomic E-state index is 11.2. The van der Waals surface area contributed by atoms with E-state index in [-0.39, 0.29) is 21.0 Å². The second kappa shape index (κ2) is 5.80. The van der Waals surface area contributed by atoms with Crippen LogP contribution in [0.5, 0.6) is 0 Å². The van der Waals surface area contributed by atoms with Gasteiger partial charge in [0.15, 0.2) is 4.77 Å². The Bertz CT molecular complexity index is 867. The number of nitrogens with zero attached hydrogens (tertiary/aromatic N) is 1. The molecule has 0 aliphatic rings. The molecule has 0 aliphatic carbocycles. The highest BCUT2D eigenvalue weighted by atomic mass is 32.2. The number of primary sulfonamides is 1. The van der Waals surface area contributed by atoms with E-state index in [4.69, 9.17) is 23.1 Å². The predicted octanol–water partition coefficient (Wildman–Crippen LogP) is 0.378. The molecular weight excluding hydrogens is 312 g/mol. The summed E-state index contributed by atoms with van der Waals surface area (Å²) >= 11 is 5.04. The molecule has 112 valence electrons. The van der Waals surface area contributed by atoms with Crippen LogP contribution in [0.2, 0.25) is 0 Å². The van der Waals surface area contributed by atoms with Crippen molar-refractivity contribution in [1.82, 2.24) is 9.55 Å². The van der Waals surface area contributed by atoms with Gasteiger partial charge in [-0.25, -0.2) is 13.6 Å². The van der Waals surface area contributed by atoms with Crippen molar-refractivity contribution in [2.75, 3.05) is 5.73 Å². The van der Waals surface area contributed by atoms with E-state index in [9.17, 15) is 13.2 Å². The zero-order valence-corrected chi connectivity index (χ0v) is 12.6. The Morgan fingerprint density at radius 2 is 1.86 bits per heavy atom. The van der Waals surface area contributed by atoms with Crippen LogP contribution < -0.4 is 16.4 Å². The van der Waals surface area contributed by atoms with E-state index in [1.165, 1.54) is 18.2 Å². The third-order valence-corrected chi connectivity index (χ3v) is 4.19. The van der Waals surface area contributed by atoms with Gasteiger partial charge in [0.2, 0.25) is 10.0 Å². The van der Waals surface area contributed by atoms with Crippen LogP contribution in [0.1, 0.15) is 5.56 Å². The van der Waals surface area contributed by atoms with Gasteiger partial charge in [-0.3, -0.25) is 9.78 Å². The number of H-pyrrole nitrogens is 1. The van der Waals surface area contributed by atoms with Crippen molar-refractivity contribution in [3.05, 3.63) is 51.0 Å². The molecule has 1 aromatic heterocycles. The molecule has 9 heteroatoms. The van der Waals surface area contributed by atoms with Crippen molar-refractivity contribution < 1.29 is 8.42 Å². The summed E-state index contributed by atoms with van der Waals surface area (Å²) in [5, 5.41) is 5.03. The summed E-state index contributed by atoms with van der Waals surface area (Å²) in [6.07, 6.45) is 0.579. The number of nitrogens with one attached hydrogen (secondary N) is 1. The minimum atomic E-state index is -3.69. The maximum Gasteiger partial charge on any atom is 0.253 e. The molecular formula is C12H14N4O3S2. The number of benzene rings is 1. The monoisotopic (exact) mass is 326 g/mol. The van der Waals surface area contributed by atoms with E-state index in [2.05, 4.69) is 4.98 Å². The number of aromatic amines is 1. The summed E-state index contributed by atoms with van der Waals surface area (Å²) in [6, 6.07) is 7.50. The minimum absolute atomic E-state index is 0.0615. The van der Waals surface area contributed by atoms with Gasteiger partial charge in [-0.15, -0.1) is 0 Å². The molecule has 2 aromatic rings. The fraction of sp³-hybridized carbons (Fsp3) is 0.167. The number of rotatable bonds is 4. The highest BCUT2D eigenvalue weighted by Crippen LogP contribution is 2.10. The summed E-state index contributed by atoms with van der Waals surface area (Å²) in [6.45, 7) is 0.468. The molecule has 0 saturated carbocycles. The first-order valence-electron chi connectivity index (χ1n) is 5.99. The molecule has 0 unspecified atom stereocenters. The van der Waals surface area contributed by atoms with Gasteiger partial charge in [0, 0.05) is 12.6 Å². The van der Waals surface area contributed by atoms with Crippen LogP contribution in [-0.2, 0) is 23.0 Å². The van der Waals surface area contributed by atoms with Gasteiger partial charge < -0.3 is 10.3 Å². The van der Waals surface area contributed by atoms with Crippen molar-refractivity contribution in [3.8, 4) is 0 Å². The number of anilines is 1. The Balaban J connectivity index is 2.18. The third kappa shape index (κ3) is 3.78. The van der Waals surface area contributed by atoms with Crippen LogP contribution in [0, 0.1) is 4.77 Å². The van der Waals surface area contributed by atoms with Gasteiger partial charge >= 0.3 is 0 Å². The Labute approximate surface area is 126 Å². The summed E-state index contributed by atoms with van der Waals surface area (Å²) in [7, 11) is -3.69. The molecule has 21 heavy (non-hydrogen) atoms. The summed E-state index contributed by atoms with van der Waals surface area (Å²) in [4.78, 5) is 13.7. The van der Waals surface area contributed by atoms with Gasteiger partial charge in [-0.05, 0) is 36.3 Å². The normalized spacial score (nSPS) is 11.5. The molecule has 0 fully saturated rings. The molecule has 0 radical (unpaired) electrons. The quantitative estimate of drug-likeness (QED) is 0.701. The molecule has 2 rings (SSSR count). The fourth-order valence-electron chi connectivity index (χ4n) is 1.86. The molecule has 0 amide bonds. The lowest BCUT2D eigenvalue weighted by atomic mass is 10.1. The van der Waals surface area contributed by atoms with Crippen molar-refractivity contribution in [2.24, 2.45) is 5.14 Å². The number of sulfonamides is 1. The topological polar surface area (TPSA) is 124 Å². The summed E-state index contributed by atoms with van der Waals surface area (Å²) < 4.78 is 24.2. The maximum absolute atomic E-state index is 11.2. The van der Waals surface area contributed by atoms with Crippen LogP contribution >= 0.6 is 12.2 Å². The second-order valence-electron chi connectivity index (χ2n) is 4.45. The Hall–Kier alpha value is -1.97. The van der Waals surface area contributed by atoms with E-state index < -0.39 is 10.0 Å². The lowest BCUT2D eigenvalue weighted by molar-refractivity contribution is 0.597. The van der Waals surface area contributed by atoms with Crippen LogP contribution in [0.4, 0.5) is 5.82 Å². The van der Waals surface area contributed by atoms with Crippen LogP contribution in [-0.4, -0.2) is 18.0 Å². The standard InChI is InChI=1S/C12H14N4O3S2/c13-10-7-11(17)15-12(20)16(10)6-5-8-1-3-9(4-2-8)21(14,18)19/h1-4,7H,5-6,13H2,(H2,14,18,19)(H,15,17,20). The number of nitrogens with two attached hydrogens (primary N) is 2. The van der Waals surface area contributed by atoms with Crippen molar-refractivity contribution in [1.29, 1.82) is 0 Å².